The predicted octanol–water partition coefficient (Wildman–Crippen LogP) is 1.49. The van der Waals surface area contributed by atoms with Crippen LogP contribution in [0.3, 0.4) is 0 Å². The molecule has 0 saturated heterocycles. The smallest absolute Gasteiger partial charge is 0.352 e. The van der Waals surface area contributed by atoms with Crippen molar-refractivity contribution in [1.82, 2.24) is 14.3 Å². The number of hydrogen-bond donors (Lipinski definition) is 1. The first kappa shape index (κ1) is 15.3. The minimum Gasteiger partial charge on any atom is -0.376 e. The maximum Gasteiger partial charge on any atom is 0.352 e. The monoisotopic (exact) mass is 291 g/mol. The van der Waals surface area contributed by atoms with Crippen molar-refractivity contribution in [3.05, 3.63) is 51.3 Å². The molecule has 1 aromatic carbocycles. The van der Waals surface area contributed by atoms with Crippen LogP contribution in [0.4, 0.5) is 0 Å². The first-order valence-electron chi connectivity index (χ1n) is 6.77. The number of ether oxygens (including phenoxy) is 1. The van der Waals surface area contributed by atoms with Crippen LogP contribution in [0.15, 0.2) is 39.9 Å². The van der Waals surface area contributed by atoms with Gasteiger partial charge in [0.25, 0.3) is 0 Å². The van der Waals surface area contributed by atoms with E-state index in [0.29, 0.717) is 5.69 Å². The predicted molar refractivity (Wildman–Crippen MR) is 81.1 cm³/mol. The van der Waals surface area contributed by atoms with Crippen LogP contribution in [0.2, 0.25) is 0 Å². The lowest BCUT2D eigenvalue weighted by Crippen LogP contribution is -2.53. The van der Waals surface area contributed by atoms with E-state index < -0.39 is 22.5 Å². The van der Waals surface area contributed by atoms with E-state index in [2.05, 4.69) is 5.10 Å². The van der Waals surface area contributed by atoms with Gasteiger partial charge in [0.15, 0.2) is 0 Å². The number of methoxy groups -OCH3 is 1. The van der Waals surface area contributed by atoms with Gasteiger partial charge in [0.1, 0.15) is 0 Å². The van der Waals surface area contributed by atoms with Crippen LogP contribution in [0, 0.1) is 0 Å². The number of rotatable bonds is 4. The Kier molecular flexibility index (Phi) is 3.67. The van der Waals surface area contributed by atoms with Crippen LogP contribution in [0.25, 0.3) is 5.69 Å². The van der Waals surface area contributed by atoms with E-state index in [1.807, 2.05) is 33.8 Å². The maximum absolute atomic E-state index is 12.6. The third-order valence-corrected chi connectivity index (χ3v) is 4.35. The van der Waals surface area contributed by atoms with E-state index in [0.717, 1.165) is 4.57 Å². The van der Waals surface area contributed by atoms with E-state index in [-0.39, 0.29) is 0 Å². The van der Waals surface area contributed by atoms with Gasteiger partial charge >= 0.3 is 11.4 Å². The van der Waals surface area contributed by atoms with Gasteiger partial charge in [-0.05, 0) is 39.8 Å². The van der Waals surface area contributed by atoms with Crippen molar-refractivity contribution in [3.8, 4) is 5.69 Å². The normalized spacial score (nSPS) is 12.6. The standard InChI is InChI=1S/C15H21N3O3/c1-14(2,15(3,4)21-5)18-13(20)17(12(19)16-18)11-9-7-6-8-10-11/h6-10H,1-5H3,(H,16,19). The Labute approximate surface area is 123 Å². The molecule has 0 aliphatic heterocycles. The minimum absolute atomic E-state index is 0.415. The van der Waals surface area contributed by atoms with Gasteiger partial charge in [-0.2, -0.15) is 0 Å². The second-order valence-corrected chi connectivity index (χ2v) is 5.98. The summed E-state index contributed by atoms with van der Waals surface area (Å²) >= 11 is 0. The number of aromatic nitrogens is 3. The summed E-state index contributed by atoms with van der Waals surface area (Å²) in [7, 11) is 1.58. The highest BCUT2D eigenvalue weighted by molar-refractivity contribution is 5.30. The molecule has 0 atom stereocenters. The highest BCUT2D eigenvalue weighted by atomic mass is 16.5. The first-order valence-corrected chi connectivity index (χ1v) is 6.77. The van der Waals surface area contributed by atoms with Crippen molar-refractivity contribution in [3.63, 3.8) is 0 Å². The Morgan fingerprint density at radius 3 is 2.14 bits per heavy atom. The molecule has 1 aromatic heterocycles. The highest BCUT2D eigenvalue weighted by Crippen LogP contribution is 2.29. The van der Waals surface area contributed by atoms with Crippen molar-refractivity contribution >= 4 is 0 Å². The van der Waals surface area contributed by atoms with Gasteiger partial charge in [-0.25, -0.2) is 23.9 Å². The maximum atomic E-state index is 12.6. The molecule has 2 rings (SSSR count). The Balaban J connectivity index is 2.66. The number of hydrogen-bond acceptors (Lipinski definition) is 3. The number of H-pyrrole nitrogens is 1. The molecule has 0 bridgehead atoms. The third-order valence-electron chi connectivity index (χ3n) is 4.35. The van der Waals surface area contributed by atoms with Gasteiger partial charge in [0.05, 0.1) is 16.8 Å². The van der Waals surface area contributed by atoms with Crippen LogP contribution in [0.1, 0.15) is 27.7 Å². The zero-order valence-electron chi connectivity index (χ0n) is 13.0. The molecule has 0 unspecified atom stereocenters. The van der Waals surface area contributed by atoms with Crippen LogP contribution in [0.5, 0.6) is 0 Å². The molecule has 0 aliphatic rings. The summed E-state index contributed by atoms with van der Waals surface area (Å²) in [6.07, 6.45) is 0. The number of nitrogens with one attached hydrogen (secondary N) is 1. The number of benzene rings is 1. The molecule has 0 fully saturated rings. The van der Waals surface area contributed by atoms with Crippen LogP contribution >= 0.6 is 0 Å². The van der Waals surface area contributed by atoms with Crippen LogP contribution < -0.4 is 11.4 Å². The van der Waals surface area contributed by atoms with Gasteiger partial charge in [-0.3, -0.25) is 0 Å². The molecule has 2 aromatic rings. The molecule has 0 amide bonds. The lowest BCUT2D eigenvalue weighted by atomic mass is 9.86. The summed E-state index contributed by atoms with van der Waals surface area (Å²) in [5.41, 5.74) is -1.71. The van der Waals surface area contributed by atoms with Crippen LogP contribution in [-0.4, -0.2) is 27.1 Å². The Hall–Kier alpha value is -2.08. The molecule has 6 heteroatoms. The largest absolute Gasteiger partial charge is 0.376 e. The molecular weight excluding hydrogens is 270 g/mol. The minimum atomic E-state index is -0.724. The van der Waals surface area contributed by atoms with Gasteiger partial charge in [-0.15, -0.1) is 0 Å². The Bertz CT molecular complexity index is 736. The Morgan fingerprint density at radius 2 is 1.62 bits per heavy atom. The van der Waals surface area contributed by atoms with Gasteiger partial charge < -0.3 is 4.74 Å². The van der Waals surface area contributed by atoms with E-state index in [4.69, 9.17) is 4.74 Å². The highest BCUT2D eigenvalue weighted by Gasteiger charge is 2.41. The van der Waals surface area contributed by atoms with Gasteiger partial charge in [0, 0.05) is 7.11 Å². The number of aromatic amines is 1. The fraction of sp³-hybridized carbons (Fsp3) is 0.467. The summed E-state index contributed by atoms with van der Waals surface area (Å²) in [5.74, 6) is 0. The summed E-state index contributed by atoms with van der Waals surface area (Å²) < 4.78 is 7.92. The second kappa shape index (κ2) is 5.04. The fourth-order valence-electron chi connectivity index (χ4n) is 2.08. The number of para-hydroxylation sites is 1. The van der Waals surface area contributed by atoms with E-state index in [1.54, 1.807) is 31.4 Å². The molecule has 21 heavy (non-hydrogen) atoms. The lowest BCUT2D eigenvalue weighted by molar-refractivity contribution is -0.0694. The van der Waals surface area contributed by atoms with E-state index in [1.165, 1.54) is 4.68 Å². The summed E-state index contributed by atoms with van der Waals surface area (Å²) in [5, 5.41) is 2.62. The molecule has 0 spiro atoms. The van der Waals surface area contributed by atoms with Crippen molar-refractivity contribution in [2.45, 2.75) is 38.8 Å². The molecule has 114 valence electrons. The van der Waals surface area contributed by atoms with Crippen molar-refractivity contribution in [1.29, 1.82) is 0 Å². The molecule has 0 saturated carbocycles. The molecule has 1 heterocycles. The topological polar surface area (TPSA) is 69.0 Å². The molecule has 0 radical (unpaired) electrons. The lowest BCUT2D eigenvalue weighted by Gasteiger charge is -2.40. The van der Waals surface area contributed by atoms with Gasteiger partial charge in [-0.1, -0.05) is 18.2 Å². The average Bonchev–Trinajstić information content (AvgIpc) is 2.75. The quantitative estimate of drug-likeness (QED) is 0.928. The van der Waals surface area contributed by atoms with Crippen molar-refractivity contribution < 1.29 is 4.74 Å². The van der Waals surface area contributed by atoms with Crippen molar-refractivity contribution in [2.75, 3.05) is 7.11 Å². The SMILES string of the molecule is COC(C)(C)C(C)(C)n1[nH]c(=O)n(-c2ccccc2)c1=O. The fourth-order valence-corrected chi connectivity index (χ4v) is 2.08. The third kappa shape index (κ3) is 2.35. The zero-order chi connectivity index (χ0) is 15.8. The summed E-state index contributed by atoms with van der Waals surface area (Å²) in [4.78, 5) is 24.8. The van der Waals surface area contributed by atoms with E-state index in [9.17, 15) is 9.59 Å². The van der Waals surface area contributed by atoms with E-state index >= 15 is 0 Å². The van der Waals surface area contributed by atoms with Gasteiger partial charge in [0.2, 0.25) is 0 Å². The summed E-state index contributed by atoms with van der Waals surface area (Å²) in [6, 6.07) is 8.83. The molecule has 1 N–H and O–H groups in total. The zero-order valence-corrected chi connectivity index (χ0v) is 13.0. The first-order chi connectivity index (χ1) is 9.72. The second-order valence-electron chi connectivity index (χ2n) is 5.98. The molecule has 0 aliphatic carbocycles. The molecule has 6 nitrogen and oxygen atoms in total. The number of nitrogens with zero attached hydrogens (tertiary/aromatic N) is 2. The summed E-state index contributed by atoms with van der Waals surface area (Å²) in [6.45, 7) is 7.45. The average molecular weight is 291 g/mol. The van der Waals surface area contributed by atoms with Crippen molar-refractivity contribution in [2.24, 2.45) is 0 Å². The molecular formula is C15H21N3O3. The Morgan fingerprint density at radius 1 is 1.05 bits per heavy atom. The van der Waals surface area contributed by atoms with Crippen LogP contribution in [-0.2, 0) is 10.3 Å².